The number of carbonyl (C=O) groups is 1. The van der Waals surface area contributed by atoms with Crippen molar-refractivity contribution in [2.24, 2.45) is 0 Å². The molecule has 1 rings (SSSR count). The number of carboxylic acids is 1. The molecule has 0 atom stereocenters. The number of carboxylic acid groups (broad SMARTS) is 1. The number of hydrogen-bond acceptors (Lipinski definition) is 3. The molecule has 0 aliphatic carbocycles. The van der Waals surface area contributed by atoms with Gasteiger partial charge < -0.3 is 9.63 Å². The lowest BCUT2D eigenvalue weighted by molar-refractivity contribution is 0.0652. The monoisotopic (exact) mass is 205 g/mol. The Bertz CT molecular complexity index is 427. The van der Waals surface area contributed by atoms with Crippen LogP contribution in [-0.2, 0) is 0 Å². The van der Waals surface area contributed by atoms with Crippen molar-refractivity contribution in [3.05, 3.63) is 48.4 Å². The minimum Gasteiger partial charge on any atom is -0.475 e. The second-order valence-electron chi connectivity index (χ2n) is 2.73. The first-order valence-electron chi connectivity index (χ1n) is 4.35. The van der Waals surface area contributed by atoms with Crippen LogP contribution < -0.4 is 0 Å². The summed E-state index contributed by atoms with van der Waals surface area (Å²) < 4.78 is 4.63. The summed E-state index contributed by atoms with van der Waals surface area (Å²) >= 11 is 0. The van der Waals surface area contributed by atoms with Gasteiger partial charge in [0.1, 0.15) is 5.69 Å². The normalized spacial score (nSPS) is 11.9. The van der Waals surface area contributed by atoms with E-state index in [4.69, 9.17) is 5.11 Å². The summed E-state index contributed by atoms with van der Waals surface area (Å²) in [6.45, 7) is 5.49. The summed E-state index contributed by atoms with van der Waals surface area (Å²) in [6, 6.07) is 1.36. The highest BCUT2D eigenvalue weighted by Gasteiger charge is 2.11. The van der Waals surface area contributed by atoms with E-state index in [0.29, 0.717) is 11.3 Å². The van der Waals surface area contributed by atoms with Gasteiger partial charge in [0.2, 0.25) is 5.76 Å². The molecule has 0 amide bonds. The first-order chi connectivity index (χ1) is 7.19. The van der Waals surface area contributed by atoms with Crippen LogP contribution in [-0.4, -0.2) is 16.2 Å². The Morgan fingerprint density at radius 1 is 1.67 bits per heavy atom. The smallest absolute Gasteiger partial charge is 0.374 e. The highest BCUT2D eigenvalue weighted by atomic mass is 16.5. The van der Waals surface area contributed by atoms with Crippen molar-refractivity contribution >= 4 is 11.5 Å². The Kier molecular flexibility index (Phi) is 3.62. The molecule has 0 unspecified atom stereocenters. The van der Waals surface area contributed by atoms with Crippen molar-refractivity contribution in [2.45, 2.75) is 6.92 Å². The Hall–Kier alpha value is -2.10. The van der Waals surface area contributed by atoms with Crippen LogP contribution in [0.5, 0.6) is 0 Å². The van der Waals surface area contributed by atoms with Crippen LogP contribution in [0.15, 0.2) is 41.5 Å². The lowest BCUT2D eigenvalue weighted by atomic mass is 10.1. The van der Waals surface area contributed by atoms with Gasteiger partial charge in [-0.3, -0.25) is 0 Å². The average molecular weight is 205 g/mol. The lowest BCUT2D eigenvalue weighted by Gasteiger charge is -1.91. The fourth-order valence-electron chi connectivity index (χ4n) is 0.970. The van der Waals surface area contributed by atoms with Crippen LogP contribution in [0.1, 0.15) is 23.2 Å². The number of allylic oxidation sites excluding steroid dienone is 5. The van der Waals surface area contributed by atoms with Crippen LogP contribution in [0.3, 0.4) is 0 Å². The molecule has 0 saturated heterocycles. The molecule has 0 bridgehead atoms. The van der Waals surface area contributed by atoms with Gasteiger partial charge in [-0.1, -0.05) is 36.0 Å². The maximum Gasteiger partial charge on any atom is 0.374 e. The second kappa shape index (κ2) is 4.95. The van der Waals surface area contributed by atoms with Crippen molar-refractivity contribution in [1.82, 2.24) is 5.16 Å². The topological polar surface area (TPSA) is 63.3 Å². The number of aromatic carboxylic acids is 1. The summed E-state index contributed by atoms with van der Waals surface area (Å²) in [5, 5.41) is 12.3. The molecule has 1 heterocycles. The second-order valence-corrected chi connectivity index (χ2v) is 2.73. The molecule has 0 saturated carbocycles. The first-order valence-corrected chi connectivity index (χ1v) is 4.35. The van der Waals surface area contributed by atoms with E-state index in [9.17, 15) is 4.79 Å². The third kappa shape index (κ3) is 2.67. The molecule has 1 aromatic rings. The summed E-state index contributed by atoms with van der Waals surface area (Å²) in [5.41, 5.74) is 1.17. The van der Waals surface area contributed by atoms with Crippen LogP contribution in [0, 0.1) is 0 Å². The molecular weight excluding hydrogens is 194 g/mol. The van der Waals surface area contributed by atoms with E-state index < -0.39 is 5.97 Å². The Labute approximate surface area is 87.2 Å². The molecule has 1 aromatic heterocycles. The zero-order valence-electron chi connectivity index (χ0n) is 8.30. The molecule has 78 valence electrons. The molecule has 4 nitrogen and oxygen atoms in total. The first kappa shape index (κ1) is 11.0. The molecule has 0 aromatic carbocycles. The molecule has 0 spiro atoms. The van der Waals surface area contributed by atoms with Crippen molar-refractivity contribution in [3.8, 4) is 0 Å². The zero-order chi connectivity index (χ0) is 11.3. The van der Waals surface area contributed by atoms with E-state index in [0.717, 1.165) is 0 Å². The zero-order valence-corrected chi connectivity index (χ0v) is 8.30. The van der Waals surface area contributed by atoms with Crippen LogP contribution in [0.2, 0.25) is 0 Å². The van der Waals surface area contributed by atoms with Gasteiger partial charge in [0.25, 0.3) is 0 Å². The maximum atomic E-state index is 10.5. The lowest BCUT2D eigenvalue weighted by Crippen LogP contribution is -1.91. The predicted octanol–water partition coefficient (Wildman–Crippen LogP) is 2.52. The number of rotatable bonds is 4. The quantitative estimate of drug-likeness (QED) is 0.767. The van der Waals surface area contributed by atoms with Gasteiger partial charge >= 0.3 is 5.97 Å². The number of nitrogens with zero attached hydrogens (tertiary/aromatic N) is 1. The van der Waals surface area contributed by atoms with Crippen LogP contribution in [0.25, 0.3) is 5.57 Å². The summed E-state index contributed by atoms with van der Waals surface area (Å²) in [6.07, 6.45) is 7.02. The summed E-state index contributed by atoms with van der Waals surface area (Å²) in [4.78, 5) is 10.5. The third-order valence-electron chi connectivity index (χ3n) is 1.70. The summed E-state index contributed by atoms with van der Waals surface area (Å²) in [5.74, 6) is -1.32. The molecule has 15 heavy (non-hydrogen) atoms. The van der Waals surface area contributed by atoms with Crippen molar-refractivity contribution in [3.63, 3.8) is 0 Å². The van der Waals surface area contributed by atoms with E-state index in [1.807, 2.05) is 19.1 Å². The number of hydrogen-bond donors (Lipinski definition) is 1. The largest absolute Gasteiger partial charge is 0.475 e. The minimum absolute atomic E-state index is 0.182. The molecule has 1 N–H and O–H groups in total. The molecule has 0 radical (unpaired) electrons. The van der Waals surface area contributed by atoms with Gasteiger partial charge in [-0.05, 0) is 6.92 Å². The van der Waals surface area contributed by atoms with E-state index in [-0.39, 0.29) is 5.76 Å². The third-order valence-corrected chi connectivity index (χ3v) is 1.70. The molecular formula is C11H11NO3. The van der Waals surface area contributed by atoms with Gasteiger partial charge in [-0.25, -0.2) is 4.79 Å². The van der Waals surface area contributed by atoms with Gasteiger partial charge in [0.05, 0.1) is 0 Å². The Morgan fingerprint density at radius 2 is 2.40 bits per heavy atom. The molecule has 0 aliphatic heterocycles. The van der Waals surface area contributed by atoms with Gasteiger partial charge in [-0.15, -0.1) is 0 Å². The highest BCUT2D eigenvalue weighted by molar-refractivity contribution is 5.86. The van der Waals surface area contributed by atoms with E-state index in [2.05, 4.69) is 16.3 Å². The van der Waals surface area contributed by atoms with Gasteiger partial charge in [-0.2, -0.15) is 0 Å². The molecule has 4 heteroatoms. The van der Waals surface area contributed by atoms with Crippen molar-refractivity contribution in [1.29, 1.82) is 0 Å². The standard InChI is InChI=1S/C11H11NO3/c1-3-5-6-8(4-2)9-7-10(11(13)14)15-12-9/h3-7H,2H2,1H3,(H,13,14)/b5-3-,8-6+. The van der Waals surface area contributed by atoms with E-state index in [1.54, 1.807) is 12.2 Å². The summed E-state index contributed by atoms with van der Waals surface area (Å²) in [7, 11) is 0. The van der Waals surface area contributed by atoms with Crippen LogP contribution >= 0.6 is 0 Å². The predicted molar refractivity (Wildman–Crippen MR) is 56.5 cm³/mol. The van der Waals surface area contributed by atoms with Crippen LogP contribution in [0.4, 0.5) is 0 Å². The molecule has 0 fully saturated rings. The van der Waals surface area contributed by atoms with Gasteiger partial charge in [0.15, 0.2) is 0 Å². The Morgan fingerprint density at radius 3 is 2.87 bits per heavy atom. The van der Waals surface area contributed by atoms with E-state index >= 15 is 0 Å². The number of aromatic nitrogens is 1. The van der Waals surface area contributed by atoms with Crippen molar-refractivity contribution < 1.29 is 14.4 Å². The molecule has 0 aliphatic rings. The minimum atomic E-state index is -1.14. The fourth-order valence-corrected chi connectivity index (χ4v) is 0.970. The van der Waals surface area contributed by atoms with Crippen molar-refractivity contribution in [2.75, 3.05) is 0 Å². The van der Waals surface area contributed by atoms with Gasteiger partial charge in [0, 0.05) is 11.6 Å². The SMILES string of the molecule is C=C/C(=C\C=C/C)c1cc(C(=O)O)on1. The average Bonchev–Trinajstić information content (AvgIpc) is 2.68. The maximum absolute atomic E-state index is 10.5. The Balaban J connectivity index is 3.03. The highest BCUT2D eigenvalue weighted by Crippen LogP contribution is 2.15. The van der Waals surface area contributed by atoms with E-state index in [1.165, 1.54) is 6.07 Å². The fraction of sp³-hybridized carbons (Fsp3) is 0.0909.